The van der Waals surface area contributed by atoms with Crippen molar-refractivity contribution < 1.29 is 14.0 Å². The fourth-order valence-corrected chi connectivity index (χ4v) is 3.31. The molecule has 3 aromatic rings. The number of hydrogen-bond donors (Lipinski definition) is 1. The van der Waals surface area contributed by atoms with Crippen LogP contribution in [-0.2, 0) is 5.54 Å². The molecule has 1 aliphatic carbocycles. The number of carbonyl (C=O) groups is 2. The molecule has 0 heterocycles. The van der Waals surface area contributed by atoms with Gasteiger partial charge in [0.2, 0.25) is 11.6 Å². The minimum atomic E-state index is -1.58. The van der Waals surface area contributed by atoms with Gasteiger partial charge in [-0.1, -0.05) is 60.7 Å². The van der Waals surface area contributed by atoms with Crippen molar-refractivity contribution in [2.45, 2.75) is 5.54 Å². The Morgan fingerprint density at radius 3 is 1.92 bits per heavy atom. The maximum absolute atomic E-state index is 13.6. The number of nitrogens with one attached hydrogen (secondary N) is 1. The fourth-order valence-electron chi connectivity index (χ4n) is 3.31. The van der Waals surface area contributed by atoms with Crippen LogP contribution in [-0.4, -0.2) is 11.6 Å². The first-order valence-corrected chi connectivity index (χ1v) is 7.91. The normalized spacial score (nSPS) is 15.1. The monoisotopic (exact) mass is 331 g/mol. The summed E-state index contributed by atoms with van der Waals surface area (Å²) in [4.78, 5) is 26.5. The summed E-state index contributed by atoms with van der Waals surface area (Å²) in [5.41, 5.74) is 0.0722. The zero-order chi connectivity index (χ0) is 17.4. The number of ketones is 2. The molecule has 0 amide bonds. The highest BCUT2D eigenvalue weighted by atomic mass is 19.1. The van der Waals surface area contributed by atoms with Crippen LogP contribution in [0.25, 0.3) is 0 Å². The van der Waals surface area contributed by atoms with Crippen LogP contribution < -0.4 is 5.32 Å². The summed E-state index contributed by atoms with van der Waals surface area (Å²) in [5.74, 6) is -1.10. The highest BCUT2D eigenvalue weighted by Gasteiger charge is 2.54. The highest BCUT2D eigenvalue weighted by Crippen LogP contribution is 2.40. The first kappa shape index (κ1) is 15.3. The average Bonchev–Trinajstić information content (AvgIpc) is 2.86. The summed E-state index contributed by atoms with van der Waals surface area (Å²) in [6.45, 7) is 0. The van der Waals surface area contributed by atoms with Gasteiger partial charge in [-0.15, -0.1) is 0 Å². The second-order valence-corrected chi connectivity index (χ2v) is 5.96. The Kier molecular flexibility index (Phi) is 3.46. The molecule has 0 spiro atoms. The van der Waals surface area contributed by atoms with E-state index in [1.807, 2.05) is 6.07 Å². The molecule has 4 rings (SSSR count). The largest absolute Gasteiger partial charge is 0.362 e. The standard InChI is InChI=1S/C21H14FNO2/c22-15-9-6-10-16(13-15)23-21(14-7-2-1-3-8-14)19(24)17-11-4-5-12-18(17)20(21)25/h1-13,23H. The predicted octanol–water partition coefficient (Wildman–Crippen LogP) is 4.21. The van der Waals surface area contributed by atoms with Crippen LogP contribution in [0.3, 0.4) is 0 Å². The van der Waals surface area contributed by atoms with Gasteiger partial charge in [0.05, 0.1) is 0 Å². The van der Waals surface area contributed by atoms with Gasteiger partial charge >= 0.3 is 0 Å². The number of carbonyl (C=O) groups excluding carboxylic acids is 2. The smallest absolute Gasteiger partial charge is 0.201 e. The second-order valence-electron chi connectivity index (χ2n) is 5.96. The number of benzene rings is 3. The van der Waals surface area contributed by atoms with Crippen molar-refractivity contribution >= 4 is 17.3 Å². The molecule has 0 aromatic heterocycles. The van der Waals surface area contributed by atoms with E-state index >= 15 is 0 Å². The van der Waals surface area contributed by atoms with E-state index in [-0.39, 0.29) is 11.6 Å². The number of anilines is 1. The van der Waals surface area contributed by atoms with Crippen LogP contribution in [0.5, 0.6) is 0 Å². The molecule has 1 aliphatic rings. The number of Topliss-reactive ketones (excluding diaryl/α,β-unsaturated/α-hetero) is 2. The van der Waals surface area contributed by atoms with Crippen molar-refractivity contribution in [1.82, 2.24) is 0 Å². The SMILES string of the molecule is O=C1c2ccccc2C(=O)C1(Nc1cccc(F)c1)c1ccccc1. The third-order valence-electron chi connectivity index (χ3n) is 4.46. The molecule has 25 heavy (non-hydrogen) atoms. The Hall–Kier alpha value is -3.27. The molecule has 0 aliphatic heterocycles. The lowest BCUT2D eigenvalue weighted by atomic mass is 9.84. The molecule has 4 heteroatoms. The predicted molar refractivity (Wildman–Crippen MR) is 93.2 cm³/mol. The van der Waals surface area contributed by atoms with Crippen LogP contribution in [0.2, 0.25) is 0 Å². The lowest BCUT2D eigenvalue weighted by molar-refractivity contribution is 0.0818. The third kappa shape index (κ3) is 2.26. The lowest BCUT2D eigenvalue weighted by Crippen LogP contribution is -2.46. The molecule has 3 aromatic carbocycles. The second kappa shape index (κ2) is 5.67. The minimum Gasteiger partial charge on any atom is -0.362 e. The van der Waals surface area contributed by atoms with Gasteiger partial charge in [0.25, 0.3) is 0 Å². The van der Waals surface area contributed by atoms with Gasteiger partial charge in [-0.05, 0) is 23.8 Å². The molecule has 0 saturated heterocycles. The van der Waals surface area contributed by atoms with E-state index in [1.165, 1.54) is 18.2 Å². The summed E-state index contributed by atoms with van der Waals surface area (Å²) >= 11 is 0. The minimum absolute atomic E-state index is 0.330. The number of rotatable bonds is 3. The Bertz CT molecular complexity index is 947. The fraction of sp³-hybridized carbons (Fsp3) is 0.0476. The van der Waals surface area contributed by atoms with E-state index in [0.29, 0.717) is 22.4 Å². The van der Waals surface area contributed by atoms with E-state index in [2.05, 4.69) is 5.32 Å². The van der Waals surface area contributed by atoms with Crippen LogP contribution in [0.15, 0.2) is 78.9 Å². The van der Waals surface area contributed by atoms with Gasteiger partial charge in [-0.2, -0.15) is 0 Å². The first-order valence-electron chi connectivity index (χ1n) is 7.91. The van der Waals surface area contributed by atoms with E-state index in [1.54, 1.807) is 54.6 Å². The highest BCUT2D eigenvalue weighted by molar-refractivity contribution is 6.34. The molecule has 0 bridgehead atoms. The molecule has 122 valence electrons. The summed E-state index contributed by atoms with van der Waals surface area (Å²) < 4.78 is 13.6. The molecular formula is C21H14FNO2. The zero-order valence-corrected chi connectivity index (χ0v) is 13.2. The topological polar surface area (TPSA) is 46.2 Å². The molecule has 3 nitrogen and oxygen atoms in total. The number of halogens is 1. The summed E-state index contributed by atoms with van der Waals surface area (Å²) in [7, 11) is 0. The van der Waals surface area contributed by atoms with Crippen molar-refractivity contribution in [3.8, 4) is 0 Å². The van der Waals surface area contributed by atoms with Gasteiger partial charge in [-0.25, -0.2) is 4.39 Å². The van der Waals surface area contributed by atoms with Crippen LogP contribution in [0.1, 0.15) is 26.3 Å². The molecule has 0 fully saturated rings. The van der Waals surface area contributed by atoms with Crippen LogP contribution in [0, 0.1) is 5.82 Å². The van der Waals surface area contributed by atoms with E-state index < -0.39 is 11.4 Å². The van der Waals surface area contributed by atoms with E-state index in [9.17, 15) is 14.0 Å². The van der Waals surface area contributed by atoms with Gasteiger partial charge in [-0.3, -0.25) is 9.59 Å². The van der Waals surface area contributed by atoms with E-state index in [0.717, 1.165) is 0 Å². The molecule has 0 radical (unpaired) electrons. The molecule has 0 atom stereocenters. The third-order valence-corrected chi connectivity index (χ3v) is 4.46. The van der Waals surface area contributed by atoms with Crippen molar-refractivity contribution in [2.24, 2.45) is 0 Å². The van der Waals surface area contributed by atoms with E-state index in [4.69, 9.17) is 0 Å². The van der Waals surface area contributed by atoms with Crippen LogP contribution in [0.4, 0.5) is 10.1 Å². The molecule has 0 unspecified atom stereocenters. The Balaban J connectivity index is 1.93. The molecule has 0 saturated carbocycles. The van der Waals surface area contributed by atoms with Crippen LogP contribution >= 0.6 is 0 Å². The maximum atomic E-state index is 13.6. The van der Waals surface area contributed by atoms with Crippen molar-refractivity contribution in [3.05, 3.63) is 101 Å². The zero-order valence-electron chi connectivity index (χ0n) is 13.2. The summed E-state index contributed by atoms with van der Waals surface area (Å²) in [6.07, 6.45) is 0. The summed E-state index contributed by atoms with van der Waals surface area (Å²) in [6, 6.07) is 21.3. The van der Waals surface area contributed by atoms with Crippen molar-refractivity contribution in [3.63, 3.8) is 0 Å². The van der Waals surface area contributed by atoms with Gasteiger partial charge < -0.3 is 5.32 Å². The lowest BCUT2D eigenvalue weighted by Gasteiger charge is -2.29. The Morgan fingerprint density at radius 2 is 1.32 bits per heavy atom. The first-order chi connectivity index (χ1) is 12.1. The Morgan fingerprint density at radius 1 is 0.720 bits per heavy atom. The number of fused-ring (bicyclic) bond motifs is 1. The maximum Gasteiger partial charge on any atom is 0.201 e. The quantitative estimate of drug-likeness (QED) is 0.731. The van der Waals surface area contributed by atoms with Crippen molar-refractivity contribution in [2.75, 3.05) is 5.32 Å². The molecular weight excluding hydrogens is 317 g/mol. The van der Waals surface area contributed by atoms with Gasteiger partial charge in [0.1, 0.15) is 5.82 Å². The number of hydrogen-bond acceptors (Lipinski definition) is 3. The van der Waals surface area contributed by atoms with Gasteiger partial charge in [0, 0.05) is 16.8 Å². The van der Waals surface area contributed by atoms with Gasteiger partial charge in [0.15, 0.2) is 5.54 Å². The van der Waals surface area contributed by atoms with Crippen molar-refractivity contribution in [1.29, 1.82) is 0 Å². The summed E-state index contributed by atoms with van der Waals surface area (Å²) in [5, 5.41) is 3.02. The molecule has 1 N–H and O–H groups in total. The Labute approximate surface area is 144 Å². The average molecular weight is 331 g/mol.